The summed E-state index contributed by atoms with van der Waals surface area (Å²) in [6, 6.07) is 13.8. The van der Waals surface area contributed by atoms with Crippen molar-refractivity contribution in [3.8, 4) is 11.4 Å². The number of esters is 2. The number of nitrogens with two attached hydrogens (primary N) is 1. The van der Waals surface area contributed by atoms with Gasteiger partial charge in [-0.25, -0.2) is 18.8 Å². The van der Waals surface area contributed by atoms with Gasteiger partial charge in [-0.3, -0.25) is 10.4 Å². The summed E-state index contributed by atoms with van der Waals surface area (Å²) in [4.78, 5) is 39.0. The highest BCUT2D eigenvalue weighted by atomic mass is 19.4. The number of alkyl halides is 3. The van der Waals surface area contributed by atoms with Crippen molar-refractivity contribution in [2.24, 2.45) is 5.73 Å². The van der Waals surface area contributed by atoms with Gasteiger partial charge in [-0.15, -0.1) is 5.10 Å². The van der Waals surface area contributed by atoms with Crippen LogP contribution in [0.2, 0.25) is 0 Å². The SMILES string of the molecule is COc1ccc(F)c(C(Nc2ccc(C(=N)N)cc2)c2nn(-c3ccccc3C(=O)OC(=O)C(F)(F)F)c(=O)[nH]2)c1. The van der Waals surface area contributed by atoms with Crippen LogP contribution in [0.1, 0.15) is 33.4 Å². The third-order valence-corrected chi connectivity index (χ3v) is 5.70. The summed E-state index contributed by atoms with van der Waals surface area (Å²) in [5, 5.41) is 14.8. The molecule has 0 aliphatic carbocycles. The molecule has 0 saturated carbocycles. The number of hydrogen-bond acceptors (Lipinski definition) is 8. The Balaban J connectivity index is 1.79. The van der Waals surface area contributed by atoms with Crippen molar-refractivity contribution in [1.29, 1.82) is 5.41 Å². The Kier molecular flexibility index (Phi) is 7.89. The number of amidine groups is 1. The van der Waals surface area contributed by atoms with Crippen molar-refractivity contribution in [3.05, 3.63) is 106 Å². The molecule has 0 spiro atoms. The summed E-state index contributed by atoms with van der Waals surface area (Å²) < 4.78 is 62.7. The maximum atomic E-state index is 15.1. The third-order valence-electron chi connectivity index (χ3n) is 5.70. The lowest BCUT2D eigenvalue weighted by atomic mass is 10.0. The minimum atomic E-state index is -5.43. The van der Waals surface area contributed by atoms with Crippen molar-refractivity contribution >= 4 is 23.5 Å². The number of nitrogen functional groups attached to an aromatic ring is 1. The number of rotatable bonds is 8. The molecule has 0 bridgehead atoms. The summed E-state index contributed by atoms with van der Waals surface area (Å²) in [6.07, 6.45) is -5.43. The molecule has 15 heteroatoms. The molecule has 1 heterocycles. The molecule has 212 valence electrons. The number of benzene rings is 3. The molecule has 4 aromatic rings. The monoisotopic (exact) mass is 572 g/mol. The smallest absolute Gasteiger partial charge is 0.491 e. The zero-order chi connectivity index (χ0) is 29.9. The minimum Gasteiger partial charge on any atom is -0.497 e. The van der Waals surface area contributed by atoms with Crippen molar-refractivity contribution in [1.82, 2.24) is 14.8 Å². The van der Waals surface area contributed by atoms with E-state index in [9.17, 15) is 27.6 Å². The van der Waals surface area contributed by atoms with E-state index >= 15 is 4.39 Å². The molecular weight excluding hydrogens is 552 g/mol. The number of carbonyl (C=O) groups excluding carboxylic acids is 2. The second-order valence-corrected chi connectivity index (χ2v) is 8.37. The Morgan fingerprint density at radius 1 is 1.10 bits per heavy atom. The lowest BCUT2D eigenvalue weighted by Crippen LogP contribution is -2.29. The fourth-order valence-electron chi connectivity index (χ4n) is 3.74. The molecule has 11 nitrogen and oxygen atoms in total. The molecule has 1 aromatic heterocycles. The van der Waals surface area contributed by atoms with Crippen LogP contribution >= 0.6 is 0 Å². The van der Waals surface area contributed by atoms with E-state index in [0.29, 0.717) is 15.9 Å². The number of aromatic amines is 1. The topological polar surface area (TPSA) is 165 Å². The molecule has 41 heavy (non-hydrogen) atoms. The third kappa shape index (κ3) is 6.24. The minimum absolute atomic E-state index is 0.00985. The Morgan fingerprint density at radius 3 is 2.41 bits per heavy atom. The molecule has 0 fully saturated rings. The average molecular weight is 572 g/mol. The van der Waals surface area contributed by atoms with Crippen LogP contribution in [-0.2, 0) is 9.53 Å². The number of carbonyl (C=O) groups is 2. The first-order valence-corrected chi connectivity index (χ1v) is 11.6. The Bertz CT molecular complexity index is 1680. The molecule has 0 radical (unpaired) electrons. The van der Waals surface area contributed by atoms with Crippen LogP contribution in [0.4, 0.5) is 23.2 Å². The second kappa shape index (κ2) is 11.3. The van der Waals surface area contributed by atoms with E-state index in [2.05, 4.69) is 20.1 Å². The van der Waals surface area contributed by atoms with Crippen molar-refractivity contribution < 1.29 is 36.6 Å². The molecular formula is C26H20F4N6O5. The summed E-state index contributed by atoms with van der Waals surface area (Å²) in [5.74, 6) is -5.16. The molecule has 1 atom stereocenters. The Morgan fingerprint density at radius 2 is 1.78 bits per heavy atom. The van der Waals surface area contributed by atoms with E-state index in [0.717, 1.165) is 12.1 Å². The summed E-state index contributed by atoms with van der Waals surface area (Å²) in [7, 11) is 1.37. The second-order valence-electron chi connectivity index (χ2n) is 8.37. The summed E-state index contributed by atoms with van der Waals surface area (Å²) in [5.41, 5.74) is 4.50. The zero-order valence-corrected chi connectivity index (χ0v) is 21.0. The number of para-hydroxylation sites is 1. The van der Waals surface area contributed by atoms with Gasteiger partial charge in [-0.05, 0) is 54.6 Å². The number of H-pyrrole nitrogens is 1. The van der Waals surface area contributed by atoms with E-state index in [1.54, 1.807) is 12.1 Å². The number of hydrogen-bond donors (Lipinski definition) is 4. The van der Waals surface area contributed by atoms with Crippen LogP contribution in [-0.4, -0.2) is 45.8 Å². The maximum absolute atomic E-state index is 15.1. The molecule has 1 unspecified atom stereocenters. The van der Waals surface area contributed by atoms with Gasteiger partial charge in [0.05, 0.1) is 18.4 Å². The Labute approximate surface area is 228 Å². The van der Waals surface area contributed by atoms with Crippen molar-refractivity contribution in [3.63, 3.8) is 0 Å². The number of nitrogens with one attached hydrogen (secondary N) is 3. The van der Waals surface area contributed by atoms with Crippen LogP contribution in [0.15, 0.2) is 71.5 Å². The summed E-state index contributed by atoms with van der Waals surface area (Å²) >= 11 is 0. The van der Waals surface area contributed by atoms with E-state index in [1.807, 2.05) is 0 Å². The number of methoxy groups -OCH3 is 1. The van der Waals surface area contributed by atoms with Crippen molar-refractivity contribution in [2.45, 2.75) is 12.2 Å². The molecule has 0 aliphatic heterocycles. The standard InChI is InChI=1S/C26H20F4N6O5/c1-40-15-10-11-18(27)17(12-15)20(33-14-8-6-13(7-9-14)21(31)32)22-34-25(39)36(35-22)19-5-3-2-4-16(19)23(37)41-24(38)26(28,29)30/h2-12,20,33H,1H3,(H3,31,32)(H,34,35,39). The van der Waals surface area contributed by atoms with E-state index < -0.39 is 41.2 Å². The number of ether oxygens (including phenoxy) is 2. The highest BCUT2D eigenvalue weighted by molar-refractivity contribution is 6.00. The number of anilines is 1. The van der Waals surface area contributed by atoms with Gasteiger partial charge in [-0.1, -0.05) is 12.1 Å². The van der Waals surface area contributed by atoms with Gasteiger partial charge in [-0.2, -0.15) is 17.9 Å². The molecule has 0 saturated heterocycles. The van der Waals surface area contributed by atoms with Gasteiger partial charge < -0.3 is 20.5 Å². The fourth-order valence-corrected chi connectivity index (χ4v) is 3.74. The highest BCUT2D eigenvalue weighted by Gasteiger charge is 2.43. The van der Waals surface area contributed by atoms with E-state index in [1.165, 1.54) is 49.6 Å². The van der Waals surface area contributed by atoms with Gasteiger partial charge in [0, 0.05) is 16.8 Å². The zero-order valence-electron chi connectivity index (χ0n) is 21.0. The molecule has 4 rings (SSSR count). The molecule has 0 aliphatic rings. The first-order valence-electron chi connectivity index (χ1n) is 11.6. The van der Waals surface area contributed by atoms with Crippen LogP contribution in [0.5, 0.6) is 5.75 Å². The Hall–Kier alpha value is -5.47. The average Bonchev–Trinajstić information content (AvgIpc) is 3.32. The van der Waals surface area contributed by atoms with E-state index in [-0.39, 0.29) is 28.7 Å². The van der Waals surface area contributed by atoms with Crippen LogP contribution in [0, 0.1) is 11.2 Å². The number of halogens is 4. The fraction of sp³-hybridized carbons (Fsp3) is 0.115. The maximum Gasteiger partial charge on any atom is 0.491 e. The van der Waals surface area contributed by atoms with Gasteiger partial charge in [0.1, 0.15) is 23.4 Å². The number of aromatic nitrogens is 3. The van der Waals surface area contributed by atoms with Crippen molar-refractivity contribution in [2.75, 3.05) is 12.4 Å². The van der Waals surface area contributed by atoms with Gasteiger partial charge in [0.15, 0.2) is 5.82 Å². The lowest BCUT2D eigenvalue weighted by molar-refractivity contribution is -0.193. The first kappa shape index (κ1) is 28.5. The molecule has 5 N–H and O–H groups in total. The summed E-state index contributed by atoms with van der Waals surface area (Å²) in [6.45, 7) is 0. The normalized spacial score (nSPS) is 11.9. The van der Waals surface area contributed by atoms with E-state index in [4.69, 9.17) is 15.9 Å². The van der Waals surface area contributed by atoms with Crippen LogP contribution in [0.25, 0.3) is 5.69 Å². The first-order chi connectivity index (χ1) is 19.4. The van der Waals surface area contributed by atoms with Gasteiger partial charge in [0.2, 0.25) is 0 Å². The largest absolute Gasteiger partial charge is 0.497 e. The predicted octanol–water partition coefficient (Wildman–Crippen LogP) is 3.44. The molecule has 3 aromatic carbocycles. The number of nitrogens with zero attached hydrogens (tertiary/aromatic N) is 2. The quantitative estimate of drug-likeness (QED) is 0.0820. The molecule has 0 amide bonds. The lowest BCUT2D eigenvalue weighted by Gasteiger charge is -2.19. The predicted molar refractivity (Wildman–Crippen MR) is 137 cm³/mol. The van der Waals surface area contributed by atoms with Gasteiger partial charge in [0.25, 0.3) is 0 Å². The highest BCUT2D eigenvalue weighted by Crippen LogP contribution is 2.30. The van der Waals surface area contributed by atoms with Crippen LogP contribution in [0.3, 0.4) is 0 Å². The van der Waals surface area contributed by atoms with Crippen LogP contribution < -0.4 is 21.5 Å². The van der Waals surface area contributed by atoms with Gasteiger partial charge >= 0.3 is 23.8 Å².